The fourth-order valence-electron chi connectivity index (χ4n) is 1.02. The van der Waals surface area contributed by atoms with Gasteiger partial charge < -0.3 is 10.5 Å². The SMILES string of the molecule is C=C(CN)COc1c(Br)cc([N+](=O)[O-])cc1Br. The summed E-state index contributed by atoms with van der Waals surface area (Å²) >= 11 is 6.44. The fraction of sp³-hybridized carbons (Fsp3) is 0.200. The second kappa shape index (κ2) is 6.13. The molecule has 0 heterocycles. The van der Waals surface area contributed by atoms with Gasteiger partial charge in [0.1, 0.15) is 12.4 Å². The topological polar surface area (TPSA) is 78.4 Å². The molecule has 0 aliphatic heterocycles. The van der Waals surface area contributed by atoms with Gasteiger partial charge in [-0.2, -0.15) is 0 Å². The first kappa shape index (κ1) is 14.1. The minimum Gasteiger partial charge on any atom is -0.487 e. The molecule has 92 valence electrons. The Kier molecular flexibility index (Phi) is 5.10. The number of non-ortho nitro benzene ring substituents is 1. The first-order chi connectivity index (χ1) is 7.95. The molecule has 0 saturated carbocycles. The second-order valence-corrected chi connectivity index (χ2v) is 4.95. The van der Waals surface area contributed by atoms with Gasteiger partial charge in [0.2, 0.25) is 0 Å². The Bertz CT molecular complexity index is 440. The van der Waals surface area contributed by atoms with Crippen molar-refractivity contribution in [3.8, 4) is 5.75 Å². The first-order valence-corrected chi connectivity index (χ1v) is 6.17. The number of nitrogens with two attached hydrogens (primary N) is 1. The van der Waals surface area contributed by atoms with E-state index in [9.17, 15) is 10.1 Å². The fourth-order valence-corrected chi connectivity index (χ4v) is 2.41. The molecular formula is C10H10Br2N2O3. The summed E-state index contributed by atoms with van der Waals surface area (Å²) in [7, 11) is 0. The second-order valence-electron chi connectivity index (χ2n) is 3.24. The van der Waals surface area contributed by atoms with Crippen LogP contribution in [-0.2, 0) is 0 Å². The van der Waals surface area contributed by atoms with Crippen molar-refractivity contribution in [2.24, 2.45) is 5.73 Å². The van der Waals surface area contributed by atoms with Crippen LogP contribution >= 0.6 is 31.9 Å². The average Bonchev–Trinajstić information content (AvgIpc) is 2.27. The van der Waals surface area contributed by atoms with E-state index < -0.39 is 4.92 Å². The van der Waals surface area contributed by atoms with E-state index in [1.807, 2.05) is 0 Å². The van der Waals surface area contributed by atoms with Gasteiger partial charge in [-0.3, -0.25) is 10.1 Å². The molecule has 0 amide bonds. The summed E-state index contributed by atoms with van der Waals surface area (Å²) in [5, 5.41) is 10.6. The highest BCUT2D eigenvalue weighted by Crippen LogP contribution is 2.37. The number of hydrogen-bond donors (Lipinski definition) is 1. The molecule has 7 heteroatoms. The quantitative estimate of drug-likeness (QED) is 0.494. The lowest BCUT2D eigenvalue weighted by molar-refractivity contribution is -0.385. The summed E-state index contributed by atoms with van der Waals surface area (Å²) in [6.45, 7) is 4.31. The minimum absolute atomic E-state index is 0.0197. The van der Waals surface area contributed by atoms with Gasteiger partial charge in [-0.25, -0.2) is 0 Å². The van der Waals surface area contributed by atoms with Crippen LogP contribution < -0.4 is 10.5 Å². The van der Waals surface area contributed by atoms with Gasteiger partial charge in [0, 0.05) is 18.7 Å². The van der Waals surface area contributed by atoms with Crippen molar-refractivity contribution in [1.82, 2.24) is 0 Å². The maximum atomic E-state index is 10.6. The maximum Gasteiger partial charge on any atom is 0.271 e. The number of hydrogen-bond acceptors (Lipinski definition) is 4. The molecule has 0 atom stereocenters. The Morgan fingerprint density at radius 1 is 1.47 bits per heavy atom. The Morgan fingerprint density at radius 3 is 2.41 bits per heavy atom. The lowest BCUT2D eigenvalue weighted by atomic mass is 10.3. The molecule has 0 aliphatic carbocycles. The Balaban J connectivity index is 2.94. The van der Waals surface area contributed by atoms with E-state index in [1.54, 1.807) is 0 Å². The van der Waals surface area contributed by atoms with Gasteiger partial charge in [-0.1, -0.05) is 6.58 Å². The van der Waals surface area contributed by atoms with E-state index in [0.717, 1.165) is 5.57 Å². The maximum absolute atomic E-state index is 10.6. The van der Waals surface area contributed by atoms with E-state index in [4.69, 9.17) is 10.5 Å². The Labute approximate surface area is 115 Å². The summed E-state index contributed by atoms with van der Waals surface area (Å²) in [5.74, 6) is 0.491. The normalized spacial score (nSPS) is 10.1. The van der Waals surface area contributed by atoms with Crippen LogP contribution in [0.4, 0.5) is 5.69 Å². The van der Waals surface area contributed by atoms with Crippen LogP contribution in [0.25, 0.3) is 0 Å². The van der Waals surface area contributed by atoms with Crippen molar-refractivity contribution in [2.45, 2.75) is 0 Å². The molecular weight excluding hydrogens is 356 g/mol. The predicted molar refractivity (Wildman–Crippen MR) is 72.2 cm³/mol. The molecule has 1 rings (SSSR count). The third-order valence-corrected chi connectivity index (χ3v) is 3.08. The van der Waals surface area contributed by atoms with Crippen molar-refractivity contribution in [2.75, 3.05) is 13.2 Å². The molecule has 0 aliphatic rings. The van der Waals surface area contributed by atoms with E-state index in [1.165, 1.54) is 12.1 Å². The summed E-state index contributed by atoms with van der Waals surface area (Å²) in [6.07, 6.45) is 0. The number of rotatable bonds is 5. The molecule has 0 saturated heterocycles. The van der Waals surface area contributed by atoms with Crippen LogP contribution in [0.2, 0.25) is 0 Å². The van der Waals surface area contributed by atoms with E-state index in [-0.39, 0.29) is 12.3 Å². The van der Waals surface area contributed by atoms with E-state index in [0.29, 0.717) is 21.2 Å². The molecule has 0 unspecified atom stereocenters. The highest BCUT2D eigenvalue weighted by molar-refractivity contribution is 9.11. The molecule has 0 aromatic heterocycles. The number of benzene rings is 1. The molecule has 1 aromatic rings. The highest BCUT2D eigenvalue weighted by Gasteiger charge is 2.15. The van der Waals surface area contributed by atoms with Crippen LogP contribution in [-0.4, -0.2) is 18.1 Å². The number of ether oxygens (including phenoxy) is 1. The van der Waals surface area contributed by atoms with Crippen molar-refractivity contribution < 1.29 is 9.66 Å². The number of halogens is 2. The van der Waals surface area contributed by atoms with Crippen molar-refractivity contribution in [1.29, 1.82) is 0 Å². The van der Waals surface area contributed by atoms with Crippen molar-refractivity contribution in [3.63, 3.8) is 0 Å². The molecule has 2 N–H and O–H groups in total. The van der Waals surface area contributed by atoms with Crippen molar-refractivity contribution in [3.05, 3.63) is 43.3 Å². The van der Waals surface area contributed by atoms with Gasteiger partial charge in [-0.15, -0.1) is 0 Å². The smallest absolute Gasteiger partial charge is 0.271 e. The third kappa shape index (κ3) is 3.79. The zero-order valence-corrected chi connectivity index (χ0v) is 12.0. The Morgan fingerprint density at radius 2 is 2.00 bits per heavy atom. The summed E-state index contributed by atoms with van der Waals surface area (Å²) in [4.78, 5) is 10.1. The largest absolute Gasteiger partial charge is 0.487 e. The lowest BCUT2D eigenvalue weighted by Gasteiger charge is -2.10. The van der Waals surface area contributed by atoms with E-state index >= 15 is 0 Å². The average molecular weight is 366 g/mol. The monoisotopic (exact) mass is 364 g/mol. The molecule has 0 fully saturated rings. The standard InChI is InChI=1S/C10H10Br2N2O3/c1-6(4-13)5-17-10-8(11)2-7(14(15)16)3-9(10)12/h2-3H,1,4-5,13H2. The van der Waals surface area contributed by atoms with Gasteiger partial charge in [-0.05, 0) is 37.4 Å². The molecule has 0 radical (unpaired) electrons. The van der Waals surface area contributed by atoms with Crippen LogP contribution in [0, 0.1) is 10.1 Å². The molecule has 1 aromatic carbocycles. The molecule has 17 heavy (non-hydrogen) atoms. The van der Waals surface area contributed by atoms with Gasteiger partial charge in [0.25, 0.3) is 5.69 Å². The number of nitro groups is 1. The molecule has 0 spiro atoms. The van der Waals surface area contributed by atoms with Crippen LogP contribution in [0.1, 0.15) is 0 Å². The predicted octanol–water partition coefficient (Wildman–Crippen LogP) is 3.01. The van der Waals surface area contributed by atoms with Crippen LogP contribution in [0.15, 0.2) is 33.2 Å². The van der Waals surface area contributed by atoms with Crippen LogP contribution in [0.3, 0.4) is 0 Å². The molecule has 0 bridgehead atoms. The highest BCUT2D eigenvalue weighted by atomic mass is 79.9. The zero-order valence-electron chi connectivity index (χ0n) is 8.78. The van der Waals surface area contributed by atoms with Crippen LogP contribution in [0.5, 0.6) is 5.75 Å². The first-order valence-electron chi connectivity index (χ1n) is 4.58. The van der Waals surface area contributed by atoms with Gasteiger partial charge in [0.05, 0.1) is 13.9 Å². The lowest BCUT2D eigenvalue weighted by Crippen LogP contribution is -2.10. The number of nitro benzene ring substituents is 1. The Hall–Kier alpha value is -0.920. The summed E-state index contributed by atoms with van der Waals surface area (Å²) < 4.78 is 6.47. The van der Waals surface area contributed by atoms with Crippen molar-refractivity contribution >= 4 is 37.5 Å². The minimum atomic E-state index is -0.474. The summed E-state index contributed by atoms with van der Waals surface area (Å²) in [6, 6.07) is 2.76. The van der Waals surface area contributed by atoms with Gasteiger partial charge >= 0.3 is 0 Å². The van der Waals surface area contributed by atoms with E-state index in [2.05, 4.69) is 38.4 Å². The number of nitrogens with zero attached hydrogens (tertiary/aromatic N) is 1. The molecule has 5 nitrogen and oxygen atoms in total. The zero-order chi connectivity index (χ0) is 13.0. The third-order valence-electron chi connectivity index (χ3n) is 1.90. The summed E-state index contributed by atoms with van der Waals surface area (Å²) in [5.41, 5.74) is 6.10. The van der Waals surface area contributed by atoms with Gasteiger partial charge in [0.15, 0.2) is 0 Å².